The summed E-state index contributed by atoms with van der Waals surface area (Å²) in [5, 5.41) is 2.70. The normalized spacial score (nSPS) is 11.8. The Kier molecular flexibility index (Phi) is 6.58. The number of fused-ring (bicyclic) bond motifs is 20. The molecule has 0 saturated heterocycles. The van der Waals surface area contributed by atoms with Crippen molar-refractivity contribution in [1.29, 1.82) is 0 Å². The molecule has 0 atom stereocenters. The third kappa shape index (κ3) is 4.18. The van der Waals surface area contributed by atoms with Gasteiger partial charge in [0.1, 0.15) is 0 Å². The van der Waals surface area contributed by atoms with Crippen molar-refractivity contribution < 1.29 is 17.1 Å². The molecular weight excluding hydrogens is 704 g/mol. The smallest absolute Gasteiger partial charge is 0.357 e. The van der Waals surface area contributed by atoms with Gasteiger partial charge in [-0.3, -0.25) is 4.98 Å². The summed E-state index contributed by atoms with van der Waals surface area (Å²) in [6.07, 6.45) is 1.69. The zero-order valence-corrected chi connectivity index (χ0v) is 26.2. The first-order valence-corrected chi connectivity index (χ1v) is 14.7. The number of hydrogen-bond acceptors (Lipinski definition) is 7. The van der Waals surface area contributed by atoms with Gasteiger partial charge in [-0.05, 0) is 16.8 Å². The zero-order chi connectivity index (χ0) is 29.7. The summed E-state index contributed by atoms with van der Waals surface area (Å²) in [7, 11) is 0. The van der Waals surface area contributed by atoms with E-state index < -0.39 is 0 Å². The summed E-state index contributed by atoms with van der Waals surface area (Å²) in [5.41, 5.74) is 4.46. The second-order valence-electron chi connectivity index (χ2n) is 9.98. The van der Waals surface area contributed by atoms with Crippen LogP contribution in [0.3, 0.4) is 0 Å². The van der Waals surface area contributed by atoms with Crippen molar-refractivity contribution in [2.24, 2.45) is 0 Å². The van der Waals surface area contributed by atoms with Gasteiger partial charge in [0.05, 0.1) is 42.8 Å². The molecule has 2 aliphatic heterocycles. The van der Waals surface area contributed by atoms with E-state index in [1.807, 2.05) is 60.7 Å². The minimum absolute atomic E-state index is 0. The Bertz CT molecular complexity index is 2580. The maximum atomic E-state index is 6.77. The Balaban J connectivity index is 0.00000300. The van der Waals surface area contributed by atoms with Crippen molar-refractivity contribution in [3.8, 4) is 45.6 Å². The van der Waals surface area contributed by atoms with E-state index in [-0.39, 0.29) is 48.8 Å². The fourth-order valence-corrected chi connectivity index (χ4v) is 6.52. The van der Waals surface area contributed by atoms with Crippen LogP contribution in [0, 0.1) is 0 Å². The van der Waals surface area contributed by atoms with Crippen LogP contribution < -0.4 is 9.97 Å². The van der Waals surface area contributed by atoms with Gasteiger partial charge in [0.15, 0.2) is 11.6 Å². The molecule has 0 unspecified atom stereocenters. The van der Waals surface area contributed by atoms with Gasteiger partial charge in [0, 0.05) is 50.9 Å². The standard InChI is InChI=1S/C31H11Cl4N9.Cu/c32-19-17-18(20(33)22(35)21(19)34)30-41-26-14-8-3-4-9-15(14)27(38-26)42-31-23-16(10-5-11-36-23)28(43-31)39-24-12-6-1-2-7-13(12)25(37-24)40-29(17)44-30;/h1-11H;/q-2;+2. The molecule has 2 aliphatic rings. The average molecular weight is 715 g/mol. The van der Waals surface area contributed by atoms with Crippen molar-refractivity contribution in [3.05, 3.63) is 87.0 Å². The minimum Gasteiger partial charge on any atom is -0.357 e. The van der Waals surface area contributed by atoms with E-state index in [0.717, 1.165) is 27.3 Å². The van der Waals surface area contributed by atoms with Gasteiger partial charge in [-0.25, -0.2) is 15.0 Å². The molecule has 0 N–H and O–H groups in total. The third-order valence-electron chi connectivity index (χ3n) is 7.49. The summed E-state index contributed by atoms with van der Waals surface area (Å²) in [5.74, 6) is 1.21. The molecule has 0 fully saturated rings. The van der Waals surface area contributed by atoms with Crippen LogP contribution in [0.4, 0.5) is 0 Å². The van der Waals surface area contributed by atoms with Gasteiger partial charge in [0.2, 0.25) is 0 Å². The van der Waals surface area contributed by atoms with Crippen LogP contribution in [0.5, 0.6) is 0 Å². The molecule has 1 radical (unpaired) electrons. The second-order valence-corrected chi connectivity index (χ2v) is 11.5. The minimum atomic E-state index is 0. The third-order valence-corrected chi connectivity index (χ3v) is 9.29. The molecule has 219 valence electrons. The van der Waals surface area contributed by atoms with Gasteiger partial charge in [-0.2, -0.15) is 0 Å². The van der Waals surface area contributed by atoms with Gasteiger partial charge in [-0.1, -0.05) is 101 Å². The number of halogens is 4. The average Bonchev–Trinajstić information content (AvgIpc) is 3.78. The van der Waals surface area contributed by atoms with E-state index in [9.17, 15) is 0 Å². The molecule has 7 aromatic rings. The largest absolute Gasteiger partial charge is 2.00 e. The van der Waals surface area contributed by atoms with E-state index in [2.05, 4.69) is 4.98 Å². The van der Waals surface area contributed by atoms with Crippen LogP contribution in [0.2, 0.25) is 20.1 Å². The predicted octanol–water partition coefficient (Wildman–Crippen LogP) is 8.13. The Morgan fingerprint density at radius 2 is 0.911 bits per heavy atom. The maximum absolute atomic E-state index is 6.77. The fourth-order valence-electron chi connectivity index (χ4n) is 5.50. The molecule has 9 rings (SSSR count). The Morgan fingerprint density at radius 3 is 1.60 bits per heavy atom. The Hall–Kier alpha value is -4.15. The van der Waals surface area contributed by atoms with Crippen LogP contribution in [0.15, 0.2) is 66.9 Å². The summed E-state index contributed by atoms with van der Waals surface area (Å²) in [6.45, 7) is 0. The summed E-state index contributed by atoms with van der Waals surface area (Å²) in [4.78, 5) is 43.2. The van der Waals surface area contributed by atoms with Crippen LogP contribution in [0.1, 0.15) is 0 Å². The van der Waals surface area contributed by atoms with Gasteiger partial charge in [0.25, 0.3) is 0 Å². The quantitative estimate of drug-likeness (QED) is 0.0872. The molecule has 9 nitrogen and oxygen atoms in total. The molecule has 3 aromatic carbocycles. The Labute approximate surface area is 283 Å². The van der Waals surface area contributed by atoms with Crippen LogP contribution in [-0.2, 0) is 17.1 Å². The number of hydrogen-bond donors (Lipinski definition) is 0. The van der Waals surface area contributed by atoms with Gasteiger partial charge >= 0.3 is 17.1 Å². The van der Waals surface area contributed by atoms with Crippen molar-refractivity contribution in [2.45, 2.75) is 0 Å². The predicted molar refractivity (Wildman–Crippen MR) is 172 cm³/mol. The van der Waals surface area contributed by atoms with Gasteiger partial charge < -0.3 is 24.9 Å². The first-order valence-electron chi connectivity index (χ1n) is 13.2. The number of pyridine rings is 1. The van der Waals surface area contributed by atoms with E-state index in [0.29, 0.717) is 50.9 Å². The van der Waals surface area contributed by atoms with Crippen molar-refractivity contribution in [1.82, 2.24) is 44.9 Å². The molecule has 14 heteroatoms. The van der Waals surface area contributed by atoms with Crippen molar-refractivity contribution in [3.63, 3.8) is 0 Å². The molecule has 0 spiro atoms. The summed E-state index contributed by atoms with van der Waals surface area (Å²) >= 11 is 26.6. The topological polar surface area (TPSA) is 118 Å². The number of nitrogens with zero attached hydrogens (tertiary/aromatic N) is 9. The molecule has 6 heterocycles. The van der Waals surface area contributed by atoms with Crippen molar-refractivity contribution in [2.75, 3.05) is 0 Å². The fraction of sp³-hybridized carbons (Fsp3) is 0. The molecule has 0 amide bonds. The molecule has 0 saturated carbocycles. The number of aromatic nitrogens is 9. The van der Waals surface area contributed by atoms with Crippen LogP contribution in [0.25, 0.3) is 89.8 Å². The first kappa shape index (κ1) is 28.3. The molecular formula is C31H11Cl4CuN9. The molecule has 4 aromatic heterocycles. The Morgan fingerprint density at radius 1 is 0.444 bits per heavy atom. The van der Waals surface area contributed by atoms with E-state index >= 15 is 0 Å². The van der Waals surface area contributed by atoms with E-state index in [1.165, 1.54) is 0 Å². The van der Waals surface area contributed by atoms with Gasteiger partial charge in [-0.15, -0.1) is 0 Å². The van der Waals surface area contributed by atoms with E-state index in [1.54, 1.807) is 6.20 Å². The number of rotatable bonds is 0. The zero-order valence-electron chi connectivity index (χ0n) is 22.2. The monoisotopic (exact) mass is 712 g/mol. The molecule has 0 aliphatic carbocycles. The second kappa shape index (κ2) is 10.5. The van der Waals surface area contributed by atoms with Crippen LogP contribution in [-0.4, -0.2) is 34.9 Å². The van der Waals surface area contributed by atoms with Crippen LogP contribution >= 0.6 is 46.4 Å². The maximum Gasteiger partial charge on any atom is 2.00 e. The number of benzene rings is 3. The summed E-state index contributed by atoms with van der Waals surface area (Å²) in [6, 6.07) is 19.0. The van der Waals surface area contributed by atoms with E-state index in [4.69, 9.17) is 86.3 Å². The molecule has 8 bridgehead atoms. The van der Waals surface area contributed by atoms with Crippen molar-refractivity contribution >= 4 is 90.7 Å². The first-order chi connectivity index (χ1) is 21.5. The summed E-state index contributed by atoms with van der Waals surface area (Å²) < 4.78 is 0. The SMILES string of the molecule is Clc1c(Cl)c(Cl)c2c(c1Cl)-c1nc3nc(nc4[n-]c(nc5[n-]c(nc-2n1)c1ccccc51)c1cccnc41)-c1ccccc1-3.[Cu+2]. The molecule has 45 heavy (non-hydrogen) atoms.